The second kappa shape index (κ2) is 6.80. The van der Waals surface area contributed by atoms with Gasteiger partial charge in [0.2, 0.25) is 11.8 Å². The SMILES string of the molecule is CCC(=O)N1CCC[C@@H](C(=O)Nc2cn(C)c(=O)n(C)c2=O)C1. The van der Waals surface area contributed by atoms with E-state index in [9.17, 15) is 19.2 Å². The van der Waals surface area contributed by atoms with Crippen molar-refractivity contribution in [1.29, 1.82) is 0 Å². The van der Waals surface area contributed by atoms with E-state index in [1.165, 1.54) is 24.9 Å². The van der Waals surface area contributed by atoms with Crippen molar-refractivity contribution in [3.63, 3.8) is 0 Å². The molecule has 2 rings (SSSR count). The molecule has 2 amide bonds. The summed E-state index contributed by atoms with van der Waals surface area (Å²) < 4.78 is 2.19. The highest BCUT2D eigenvalue weighted by atomic mass is 16.2. The summed E-state index contributed by atoms with van der Waals surface area (Å²) in [6, 6.07) is 0. The van der Waals surface area contributed by atoms with Crippen molar-refractivity contribution in [3.8, 4) is 0 Å². The van der Waals surface area contributed by atoms with E-state index in [2.05, 4.69) is 5.32 Å². The first-order valence-electron chi connectivity index (χ1n) is 7.70. The molecule has 0 bridgehead atoms. The molecule has 0 radical (unpaired) electrons. The van der Waals surface area contributed by atoms with E-state index in [4.69, 9.17) is 0 Å². The molecule has 0 aliphatic carbocycles. The quantitative estimate of drug-likeness (QED) is 0.825. The summed E-state index contributed by atoms with van der Waals surface area (Å²) in [7, 11) is 2.88. The molecule has 1 fully saturated rings. The van der Waals surface area contributed by atoms with Crippen LogP contribution >= 0.6 is 0 Å². The van der Waals surface area contributed by atoms with Gasteiger partial charge < -0.3 is 14.8 Å². The summed E-state index contributed by atoms with van der Waals surface area (Å²) in [5.74, 6) is -0.615. The maximum absolute atomic E-state index is 12.4. The highest BCUT2D eigenvalue weighted by molar-refractivity contribution is 5.92. The smallest absolute Gasteiger partial charge is 0.330 e. The van der Waals surface area contributed by atoms with Gasteiger partial charge in [-0.15, -0.1) is 0 Å². The molecule has 1 aromatic heterocycles. The number of piperidine rings is 1. The van der Waals surface area contributed by atoms with Crippen LogP contribution in [0.4, 0.5) is 5.69 Å². The Morgan fingerprint density at radius 3 is 2.65 bits per heavy atom. The normalized spacial score (nSPS) is 17.9. The maximum atomic E-state index is 12.4. The summed E-state index contributed by atoms with van der Waals surface area (Å²) in [6.45, 7) is 2.82. The van der Waals surface area contributed by atoms with E-state index in [1.807, 2.05) is 0 Å². The second-order valence-electron chi connectivity index (χ2n) is 5.82. The van der Waals surface area contributed by atoms with Gasteiger partial charge in [0.05, 0.1) is 5.92 Å². The predicted molar refractivity (Wildman–Crippen MR) is 85.1 cm³/mol. The van der Waals surface area contributed by atoms with E-state index in [0.717, 1.165) is 11.0 Å². The highest BCUT2D eigenvalue weighted by Crippen LogP contribution is 2.18. The lowest BCUT2D eigenvalue weighted by Gasteiger charge is -2.31. The lowest BCUT2D eigenvalue weighted by molar-refractivity contribution is -0.134. The number of aromatic nitrogens is 2. The highest BCUT2D eigenvalue weighted by Gasteiger charge is 2.28. The Hall–Kier alpha value is -2.38. The van der Waals surface area contributed by atoms with Gasteiger partial charge in [0.15, 0.2) is 0 Å². The number of likely N-dealkylation sites (tertiary alicyclic amines) is 1. The average Bonchev–Trinajstić information content (AvgIpc) is 2.57. The summed E-state index contributed by atoms with van der Waals surface area (Å²) in [5, 5.41) is 2.60. The number of rotatable bonds is 3. The number of nitrogens with zero attached hydrogens (tertiary/aromatic N) is 3. The second-order valence-corrected chi connectivity index (χ2v) is 5.82. The summed E-state index contributed by atoms with van der Waals surface area (Å²) in [5.41, 5.74) is -0.928. The number of carbonyl (C=O) groups is 2. The molecule has 1 atom stereocenters. The molecule has 1 N–H and O–H groups in total. The van der Waals surface area contributed by atoms with Gasteiger partial charge in [0.1, 0.15) is 5.69 Å². The van der Waals surface area contributed by atoms with Crippen molar-refractivity contribution in [2.75, 3.05) is 18.4 Å². The molecular formula is C15H22N4O4. The van der Waals surface area contributed by atoms with Crippen LogP contribution in [0, 0.1) is 5.92 Å². The number of anilines is 1. The lowest BCUT2D eigenvalue weighted by Crippen LogP contribution is -2.44. The van der Waals surface area contributed by atoms with Gasteiger partial charge in [-0.25, -0.2) is 4.79 Å². The van der Waals surface area contributed by atoms with Gasteiger partial charge in [-0.2, -0.15) is 0 Å². The van der Waals surface area contributed by atoms with Crippen molar-refractivity contribution < 1.29 is 9.59 Å². The molecule has 1 aromatic rings. The predicted octanol–water partition coefficient (Wildman–Crippen LogP) is -0.329. The van der Waals surface area contributed by atoms with Gasteiger partial charge >= 0.3 is 5.69 Å². The molecule has 0 unspecified atom stereocenters. The minimum atomic E-state index is -0.543. The minimum Gasteiger partial charge on any atom is -0.342 e. The fraction of sp³-hybridized carbons (Fsp3) is 0.600. The van der Waals surface area contributed by atoms with E-state index in [1.54, 1.807) is 11.8 Å². The summed E-state index contributed by atoms with van der Waals surface area (Å²) in [4.78, 5) is 49.6. The Bertz CT molecular complexity index is 734. The van der Waals surface area contributed by atoms with Gasteiger partial charge in [0, 0.05) is 39.8 Å². The molecule has 1 aliphatic heterocycles. The van der Waals surface area contributed by atoms with Crippen LogP contribution < -0.4 is 16.6 Å². The average molecular weight is 322 g/mol. The molecule has 1 aliphatic rings. The topological polar surface area (TPSA) is 93.4 Å². The van der Waals surface area contributed by atoms with E-state index in [-0.39, 0.29) is 23.4 Å². The third kappa shape index (κ3) is 3.52. The van der Waals surface area contributed by atoms with Crippen LogP contribution in [-0.4, -0.2) is 38.9 Å². The molecule has 2 heterocycles. The molecule has 8 heteroatoms. The maximum Gasteiger partial charge on any atom is 0.330 e. The van der Waals surface area contributed by atoms with Crippen LogP contribution in [0.1, 0.15) is 26.2 Å². The van der Waals surface area contributed by atoms with Crippen molar-refractivity contribution >= 4 is 17.5 Å². The number of hydrogen-bond acceptors (Lipinski definition) is 4. The van der Waals surface area contributed by atoms with Gasteiger partial charge in [0.25, 0.3) is 5.56 Å². The third-order valence-electron chi connectivity index (χ3n) is 4.15. The molecule has 0 saturated carbocycles. The van der Waals surface area contributed by atoms with Crippen molar-refractivity contribution in [3.05, 3.63) is 27.0 Å². The van der Waals surface area contributed by atoms with Crippen LogP contribution in [0.3, 0.4) is 0 Å². The standard InChI is InChI=1S/C15H22N4O4/c1-4-12(20)19-7-5-6-10(8-19)13(21)16-11-9-17(2)15(23)18(3)14(11)22/h9-10H,4-8H2,1-3H3,(H,16,21)/t10-/m1/s1. The molecule has 8 nitrogen and oxygen atoms in total. The fourth-order valence-corrected chi connectivity index (χ4v) is 2.77. The first-order chi connectivity index (χ1) is 10.8. The Kier molecular flexibility index (Phi) is 5.02. The lowest BCUT2D eigenvalue weighted by atomic mass is 9.97. The molecule has 0 aromatic carbocycles. The Morgan fingerprint density at radius 1 is 1.30 bits per heavy atom. The first kappa shape index (κ1) is 17.0. The number of amides is 2. The first-order valence-corrected chi connectivity index (χ1v) is 7.70. The van der Waals surface area contributed by atoms with E-state index >= 15 is 0 Å². The van der Waals surface area contributed by atoms with Crippen molar-refractivity contribution in [1.82, 2.24) is 14.0 Å². The Morgan fingerprint density at radius 2 is 2.00 bits per heavy atom. The number of nitrogens with one attached hydrogen (secondary N) is 1. The van der Waals surface area contributed by atoms with Crippen LogP contribution in [0.2, 0.25) is 0 Å². The molecule has 0 spiro atoms. The summed E-state index contributed by atoms with van der Waals surface area (Å²) >= 11 is 0. The van der Waals surface area contributed by atoms with Crippen LogP contribution in [-0.2, 0) is 23.7 Å². The minimum absolute atomic E-state index is 0.0283. The van der Waals surface area contributed by atoms with Crippen LogP contribution in [0.15, 0.2) is 15.8 Å². The molecule has 1 saturated heterocycles. The van der Waals surface area contributed by atoms with E-state index in [0.29, 0.717) is 25.9 Å². The Labute approximate surface area is 133 Å². The van der Waals surface area contributed by atoms with Gasteiger partial charge in [-0.3, -0.25) is 19.0 Å². The molecular weight excluding hydrogens is 300 g/mol. The molecule has 126 valence electrons. The third-order valence-corrected chi connectivity index (χ3v) is 4.15. The van der Waals surface area contributed by atoms with E-state index < -0.39 is 11.2 Å². The van der Waals surface area contributed by atoms with Crippen molar-refractivity contribution in [2.24, 2.45) is 20.0 Å². The Balaban J connectivity index is 2.15. The summed E-state index contributed by atoms with van der Waals surface area (Å²) in [6.07, 6.45) is 3.16. The zero-order valence-corrected chi connectivity index (χ0v) is 13.7. The van der Waals surface area contributed by atoms with Gasteiger partial charge in [-0.05, 0) is 12.8 Å². The van der Waals surface area contributed by atoms with Crippen LogP contribution in [0.25, 0.3) is 0 Å². The van der Waals surface area contributed by atoms with Crippen molar-refractivity contribution in [2.45, 2.75) is 26.2 Å². The van der Waals surface area contributed by atoms with Gasteiger partial charge in [-0.1, -0.05) is 6.92 Å². The number of aryl methyl sites for hydroxylation is 1. The van der Waals surface area contributed by atoms with Crippen LogP contribution in [0.5, 0.6) is 0 Å². The zero-order chi connectivity index (χ0) is 17.1. The molecule has 23 heavy (non-hydrogen) atoms. The largest absolute Gasteiger partial charge is 0.342 e. The monoisotopic (exact) mass is 322 g/mol. The fourth-order valence-electron chi connectivity index (χ4n) is 2.77. The number of hydrogen-bond donors (Lipinski definition) is 1. The number of carbonyl (C=O) groups excluding carboxylic acids is 2. The zero-order valence-electron chi connectivity index (χ0n) is 13.7.